The van der Waals surface area contributed by atoms with E-state index in [4.69, 9.17) is 0 Å². The molecule has 0 aromatic heterocycles. The Labute approximate surface area is 63.0 Å². The van der Waals surface area contributed by atoms with Crippen molar-refractivity contribution in [1.29, 1.82) is 0 Å². The molecule has 6 heteroatoms. The van der Waals surface area contributed by atoms with Gasteiger partial charge in [0.1, 0.15) is 0 Å². The summed E-state index contributed by atoms with van der Waals surface area (Å²) in [5.74, 6) is 0. The molecular weight excluding hydrogens is 238 g/mol. The van der Waals surface area contributed by atoms with Gasteiger partial charge in [0.05, 0.1) is 0 Å². The summed E-state index contributed by atoms with van der Waals surface area (Å²) in [6.07, 6.45) is 0. The fraction of sp³-hybridized carbons (Fsp3) is 0. The Morgan fingerprint density at radius 1 is 0.500 bits per heavy atom. The summed E-state index contributed by atoms with van der Waals surface area (Å²) in [7, 11) is 0. The minimum Gasteiger partial charge on any atom is -2.00 e. The van der Waals surface area contributed by atoms with Gasteiger partial charge in [0, 0.05) is 0 Å². The summed E-state index contributed by atoms with van der Waals surface area (Å²) in [5.41, 5.74) is 0. The molecular formula is MnO4Sn. The first-order valence-electron chi connectivity index (χ1n) is 0. The van der Waals surface area contributed by atoms with Crippen molar-refractivity contribution >= 4 is 23.9 Å². The van der Waals surface area contributed by atoms with Crippen LogP contribution >= 0.6 is 0 Å². The van der Waals surface area contributed by atoms with Crippen molar-refractivity contribution in [2.45, 2.75) is 0 Å². The molecule has 0 aliphatic carbocycles. The second-order valence-corrected chi connectivity index (χ2v) is 0. The summed E-state index contributed by atoms with van der Waals surface area (Å²) in [6, 6.07) is 0. The van der Waals surface area contributed by atoms with Crippen LogP contribution in [-0.4, -0.2) is 23.9 Å². The molecule has 0 aromatic rings. The largest absolute Gasteiger partial charge is 4.00 e. The van der Waals surface area contributed by atoms with E-state index in [1.807, 2.05) is 0 Å². The van der Waals surface area contributed by atoms with Crippen molar-refractivity contribution in [3.63, 3.8) is 0 Å². The zero-order chi connectivity index (χ0) is 0. The van der Waals surface area contributed by atoms with E-state index in [0.717, 1.165) is 0 Å². The van der Waals surface area contributed by atoms with E-state index in [-0.39, 0.29) is 62.9 Å². The van der Waals surface area contributed by atoms with Gasteiger partial charge in [0.2, 0.25) is 0 Å². The van der Waals surface area contributed by atoms with E-state index in [2.05, 4.69) is 0 Å². The second kappa shape index (κ2) is 122. The van der Waals surface area contributed by atoms with Crippen molar-refractivity contribution in [3.8, 4) is 0 Å². The molecule has 0 amide bonds. The molecule has 4 nitrogen and oxygen atoms in total. The first kappa shape index (κ1) is 202. The van der Waals surface area contributed by atoms with Gasteiger partial charge in [-0.15, -0.1) is 0 Å². The van der Waals surface area contributed by atoms with Gasteiger partial charge in [-0.25, -0.2) is 0 Å². The van der Waals surface area contributed by atoms with Crippen molar-refractivity contribution < 1.29 is 39.0 Å². The van der Waals surface area contributed by atoms with E-state index < -0.39 is 0 Å². The normalized spacial score (nSPS) is 0. The van der Waals surface area contributed by atoms with Gasteiger partial charge in [0.25, 0.3) is 0 Å². The van der Waals surface area contributed by atoms with E-state index in [0.29, 0.717) is 0 Å². The molecule has 0 heterocycles. The molecule has 0 saturated carbocycles. The van der Waals surface area contributed by atoms with Gasteiger partial charge < -0.3 is 21.9 Å². The minimum atomic E-state index is 0. The van der Waals surface area contributed by atoms with Crippen LogP contribution < -0.4 is 0 Å². The Morgan fingerprint density at radius 2 is 0.500 bits per heavy atom. The van der Waals surface area contributed by atoms with Gasteiger partial charge >= 0.3 is 41.0 Å². The SMILES string of the molecule is [Mn+4].[O-2].[O-2].[O-2].[O-2].[Sn+4]. The molecule has 0 N–H and O–H groups in total. The maximum atomic E-state index is 0. The summed E-state index contributed by atoms with van der Waals surface area (Å²) < 4.78 is 0. The van der Waals surface area contributed by atoms with Crippen LogP contribution in [0.2, 0.25) is 0 Å². The Hall–Kier alpha value is 1.16. The van der Waals surface area contributed by atoms with Gasteiger partial charge in [-0.3, -0.25) is 0 Å². The number of hydrogen-bond donors (Lipinski definition) is 0. The molecule has 0 atom stereocenters. The summed E-state index contributed by atoms with van der Waals surface area (Å²) in [6.45, 7) is 0. The maximum absolute atomic E-state index is 0. The average Bonchev–Trinajstić information content (AvgIpc) is 0. The van der Waals surface area contributed by atoms with Crippen LogP contribution in [0, 0.1) is 0 Å². The minimum absolute atomic E-state index is 0. The predicted molar refractivity (Wildman–Crippen MR) is 8.50 cm³/mol. The fourth-order valence-electron chi connectivity index (χ4n) is 0. The Morgan fingerprint density at radius 3 is 0.500 bits per heavy atom. The second-order valence-electron chi connectivity index (χ2n) is 0. The topological polar surface area (TPSA) is 114 Å². The Balaban J connectivity index is 0. The van der Waals surface area contributed by atoms with Crippen molar-refractivity contribution in [2.75, 3.05) is 0 Å². The van der Waals surface area contributed by atoms with E-state index in [1.165, 1.54) is 0 Å². The molecule has 0 aliphatic heterocycles. The van der Waals surface area contributed by atoms with Crippen LogP contribution in [0.25, 0.3) is 0 Å². The van der Waals surface area contributed by atoms with Crippen LogP contribution in [0.3, 0.4) is 0 Å². The molecule has 1 radical (unpaired) electrons. The molecule has 35 valence electrons. The predicted octanol–water partition coefficient (Wildman–Crippen LogP) is -0.859. The van der Waals surface area contributed by atoms with Crippen LogP contribution in [-0.2, 0) is 39.0 Å². The standard InChI is InChI=1S/Mn.4O.Sn/q+4;4*-2;+4. The molecule has 0 aromatic carbocycles. The molecule has 0 aliphatic rings. The molecule has 0 bridgehead atoms. The van der Waals surface area contributed by atoms with Crippen molar-refractivity contribution in [1.82, 2.24) is 0 Å². The van der Waals surface area contributed by atoms with Gasteiger partial charge in [-0.1, -0.05) is 0 Å². The third-order valence-corrected chi connectivity index (χ3v) is 0. The molecule has 0 saturated heterocycles. The summed E-state index contributed by atoms with van der Waals surface area (Å²) >= 11 is 0. The number of rotatable bonds is 0. The molecule has 6 heavy (non-hydrogen) atoms. The molecule has 0 rings (SSSR count). The van der Waals surface area contributed by atoms with Gasteiger partial charge in [-0.2, -0.15) is 0 Å². The summed E-state index contributed by atoms with van der Waals surface area (Å²) in [4.78, 5) is 0. The Bertz CT molecular complexity index is 7.51. The fourth-order valence-corrected chi connectivity index (χ4v) is 0. The number of hydrogen-bond acceptors (Lipinski definition) is 0. The van der Waals surface area contributed by atoms with Crippen molar-refractivity contribution in [3.05, 3.63) is 0 Å². The quantitative estimate of drug-likeness (QED) is 0.488. The van der Waals surface area contributed by atoms with Gasteiger partial charge in [0.15, 0.2) is 0 Å². The molecule has 0 unspecified atom stereocenters. The zero-order valence-corrected chi connectivity index (χ0v) is 6.55. The third kappa shape index (κ3) is 66.5. The monoisotopic (exact) mass is 239 g/mol. The van der Waals surface area contributed by atoms with Crippen LogP contribution in [0.5, 0.6) is 0 Å². The van der Waals surface area contributed by atoms with Gasteiger partial charge in [-0.05, 0) is 0 Å². The van der Waals surface area contributed by atoms with Crippen LogP contribution in [0.4, 0.5) is 0 Å². The zero-order valence-electron chi connectivity index (χ0n) is 2.51. The summed E-state index contributed by atoms with van der Waals surface area (Å²) in [5, 5.41) is 0. The first-order valence-corrected chi connectivity index (χ1v) is 0. The van der Waals surface area contributed by atoms with Crippen LogP contribution in [0.15, 0.2) is 0 Å². The first-order chi connectivity index (χ1) is 0. The average molecular weight is 238 g/mol. The Kier molecular flexibility index (Phi) is 4120. The van der Waals surface area contributed by atoms with Crippen LogP contribution in [0.1, 0.15) is 0 Å². The third-order valence-electron chi connectivity index (χ3n) is 0. The van der Waals surface area contributed by atoms with E-state index in [1.54, 1.807) is 0 Å². The van der Waals surface area contributed by atoms with Crippen molar-refractivity contribution in [2.24, 2.45) is 0 Å². The molecule has 0 fully saturated rings. The smallest absolute Gasteiger partial charge is 2.00 e. The van der Waals surface area contributed by atoms with E-state index >= 15 is 0 Å². The molecule has 0 spiro atoms. The maximum Gasteiger partial charge on any atom is 4.00 e. The van der Waals surface area contributed by atoms with E-state index in [9.17, 15) is 0 Å².